The molecule has 0 aromatic heterocycles. The molecule has 7 heteroatoms. The number of amides is 2. The average molecular weight is 366 g/mol. The summed E-state index contributed by atoms with van der Waals surface area (Å²) in [6, 6.07) is 10.7. The van der Waals surface area contributed by atoms with Gasteiger partial charge in [-0.3, -0.25) is 4.90 Å². The summed E-state index contributed by atoms with van der Waals surface area (Å²) >= 11 is 6.18. The maximum Gasteiger partial charge on any atom is 0.321 e. The summed E-state index contributed by atoms with van der Waals surface area (Å²) in [5.74, 6) is -1.92. The minimum absolute atomic E-state index is 0.238. The molecule has 3 rings (SSSR count). The molecule has 0 atom stereocenters. The van der Waals surface area contributed by atoms with E-state index in [2.05, 4.69) is 10.2 Å². The first-order valence-corrected chi connectivity index (χ1v) is 8.37. The van der Waals surface area contributed by atoms with Gasteiger partial charge in [-0.1, -0.05) is 29.8 Å². The van der Waals surface area contributed by atoms with E-state index in [-0.39, 0.29) is 11.7 Å². The van der Waals surface area contributed by atoms with Gasteiger partial charge in [-0.2, -0.15) is 0 Å². The second kappa shape index (κ2) is 7.80. The summed E-state index contributed by atoms with van der Waals surface area (Å²) in [7, 11) is 0. The van der Waals surface area contributed by atoms with Crippen molar-refractivity contribution in [1.82, 2.24) is 9.80 Å². The quantitative estimate of drug-likeness (QED) is 0.893. The van der Waals surface area contributed by atoms with Gasteiger partial charge in [0.1, 0.15) is 0 Å². The Hall–Kier alpha value is -2.18. The molecule has 0 aliphatic carbocycles. The van der Waals surface area contributed by atoms with Crippen molar-refractivity contribution < 1.29 is 13.6 Å². The third-order valence-electron chi connectivity index (χ3n) is 4.18. The van der Waals surface area contributed by atoms with Crippen LogP contribution in [-0.4, -0.2) is 42.0 Å². The summed E-state index contributed by atoms with van der Waals surface area (Å²) in [6.45, 7) is 3.28. The Bertz CT molecular complexity index is 764. The molecule has 132 valence electrons. The summed E-state index contributed by atoms with van der Waals surface area (Å²) in [6.07, 6.45) is 0. The van der Waals surface area contributed by atoms with Gasteiger partial charge in [0, 0.05) is 49.5 Å². The molecule has 0 bridgehead atoms. The van der Waals surface area contributed by atoms with Gasteiger partial charge in [0.2, 0.25) is 0 Å². The maximum absolute atomic E-state index is 13.2. The number of hydrogen-bond donors (Lipinski definition) is 1. The van der Waals surface area contributed by atoms with Crippen LogP contribution in [0.3, 0.4) is 0 Å². The van der Waals surface area contributed by atoms with E-state index in [4.69, 9.17) is 11.6 Å². The van der Waals surface area contributed by atoms with Crippen LogP contribution in [0.25, 0.3) is 0 Å². The fourth-order valence-electron chi connectivity index (χ4n) is 2.75. The number of halogens is 3. The minimum atomic E-state index is -0.984. The highest BCUT2D eigenvalue weighted by Gasteiger charge is 2.21. The molecule has 2 amide bonds. The van der Waals surface area contributed by atoms with Crippen LogP contribution in [0.4, 0.5) is 19.3 Å². The van der Waals surface area contributed by atoms with E-state index in [1.54, 1.807) is 4.90 Å². The van der Waals surface area contributed by atoms with E-state index in [0.29, 0.717) is 13.1 Å². The van der Waals surface area contributed by atoms with Crippen molar-refractivity contribution in [1.29, 1.82) is 0 Å². The standard InChI is InChI=1S/C18H18ClF2N3O/c19-15-4-2-1-3-13(15)12-23-7-9-24(10-8-23)18(25)22-14-5-6-16(20)17(21)11-14/h1-6,11H,7-10,12H2,(H,22,25). The predicted molar refractivity (Wildman–Crippen MR) is 93.7 cm³/mol. The Morgan fingerprint density at radius 1 is 1.04 bits per heavy atom. The number of piperazine rings is 1. The normalized spacial score (nSPS) is 15.2. The van der Waals surface area contributed by atoms with Crippen molar-refractivity contribution in [3.8, 4) is 0 Å². The van der Waals surface area contributed by atoms with Crippen molar-refractivity contribution in [3.05, 3.63) is 64.7 Å². The smallest absolute Gasteiger partial charge is 0.321 e. The predicted octanol–water partition coefficient (Wildman–Crippen LogP) is 3.97. The molecule has 1 fully saturated rings. The fourth-order valence-corrected chi connectivity index (χ4v) is 2.95. The van der Waals surface area contributed by atoms with Crippen LogP contribution in [0.15, 0.2) is 42.5 Å². The lowest BCUT2D eigenvalue weighted by Gasteiger charge is -2.34. The number of urea groups is 1. The molecule has 1 saturated heterocycles. The van der Waals surface area contributed by atoms with Gasteiger partial charge in [0.05, 0.1) is 0 Å². The number of nitrogens with zero attached hydrogens (tertiary/aromatic N) is 2. The summed E-state index contributed by atoms with van der Waals surface area (Å²) in [4.78, 5) is 16.1. The number of carbonyl (C=O) groups excluding carboxylic acids is 1. The zero-order valence-corrected chi connectivity index (χ0v) is 14.3. The lowest BCUT2D eigenvalue weighted by Crippen LogP contribution is -2.49. The van der Waals surface area contributed by atoms with Crippen molar-refractivity contribution >= 4 is 23.3 Å². The van der Waals surface area contributed by atoms with E-state index in [9.17, 15) is 13.6 Å². The van der Waals surface area contributed by atoms with Gasteiger partial charge in [0.25, 0.3) is 0 Å². The number of anilines is 1. The Morgan fingerprint density at radius 3 is 2.44 bits per heavy atom. The molecule has 0 unspecified atom stereocenters. The van der Waals surface area contributed by atoms with Gasteiger partial charge in [0.15, 0.2) is 11.6 Å². The molecule has 0 spiro atoms. The van der Waals surface area contributed by atoms with Gasteiger partial charge >= 0.3 is 6.03 Å². The highest BCUT2D eigenvalue weighted by Crippen LogP contribution is 2.18. The molecule has 0 radical (unpaired) electrons. The number of nitrogens with one attached hydrogen (secondary N) is 1. The van der Waals surface area contributed by atoms with Crippen molar-refractivity contribution in [2.24, 2.45) is 0 Å². The minimum Gasteiger partial charge on any atom is -0.322 e. The molecule has 1 aliphatic heterocycles. The van der Waals surface area contributed by atoms with Crippen molar-refractivity contribution in [3.63, 3.8) is 0 Å². The monoisotopic (exact) mass is 365 g/mol. The second-order valence-electron chi connectivity index (χ2n) is 5.91. The average Bonchev–Trinajstić information content (AvgIpc) is 2.61. The van der Waals surface area contributed by atoms with E-state index >= 15 is 0 Å². The lowest BCUT2D eigenvalue weighted by molar-refractivity contribution is 0.143. The van der Waals surface area contributed by atoms with Crippen LogP contribution >= 0.6 is 11.6 Å². The molecule has 2 aromatic carbocycles. The highest BCUT2D eigenvalue weighted by atomic mass is 35.5. The van der Waals surface area contributed by atoms with Gasteiger partial charge < -0.3 is 10.2 Å². The van der Waals surface area contributed by atoms with E-state index < -0.39 is 11.6 Å². The number of hydrogen-bond acceptors (Lipinski definition) is 2. The third kappa shape index (κ3) is 4.46. The molecule has 25 heavy (non-hydrogen) atoms. The van der Waals surface area contributed by atoms with Crippen LogP contribution in [0, 0.1) is 11.6 Å². The Morgan fingerprint density at radius 2 is 1.76 bits per heavy atom. The zero-order chi connectivity index (χ0) is 17.8. The zero-order valence-electron chi connectivity index (χ0n) is 13.5. The van der Waals surface area contributed by atoms with E-state index in [1.165, 1.54) is 6.07 Å². The van der Waals surface area contributed by atoms with Crippen molar-refractivity contribution in [2.75, 3.05) is 31.5 Å². The highest BCUT2D eigenvalue weighted by molar-refractivity contribution is 6.31. The fraction of sp³-hybridized carbons (Fsp3) is 0.278. The van der Waals surface area contributed by atoms with Crippen LogP contribution < -0.4 is 5.32 Å². The van der Waals surface area contributed by atoms with Gasteiger partial charge in [-0.25, -0.2) is 13.6 Å². The van der Waals surface area contributed by atoms with Crippen LogP contribution in [-0.2, 0) is 6.54 Å². The van der Waals surface area contributed by atoms with E-state index in [0.717, 1.165) is 42.4 Å². The number of carbonyl (C=O) groups is 1. The van der Waals surface area contributed by atoms with Crippen LogP contribution in [0.2, 0.25) is 5.02 Å². The first-order valence-electron chi connectivity index (χ1n) is 7.99. The van der Waals surface area contributed by atoms with E-state index in [1.807, 2.05) is 24.3 Å². The third-order valence-corrected chi connectivity index (χ3v) is 4.55. The second-order valence-corrected chi connectivity index (χ2v) is 6.32. The van der Waals surface area contributed by atoms with Gasteiger partial charge in [-0.05, 0) is 23.8 Å². The first kappa shape index (κ1) is 17.6. The Kier molecular flexibility index (Phi) is 5.50. The molecule has 0 saturated carbocycles. The number of rotatable bonds is 3. The molecule has 2 aromatic rings. The molecule has 4 nitrogen and oxygen atoms in total. The molecular weight excluding hydrogens is 348 g/mol. The summed E-state index contributed by atoms with van der Waals surface area (Å²) in [5.41, 5.74) is 1.30. The lowest BCUT2D eigenvalue weighted by atomic mass is 10.2. The van der Waals surface area contributed by atoms with Crippen molar-refractivity contribution in [2.45, 2.75) is 6.54 Å². The number of benzene rings is 2. The van der Waals surface area contributed by atoms with Crippen LogP contribution in [0.5, 0.6) is 0 Å². The topological polar surface area (TPSA) is 35.6 Å². The summed E-state index contributed by atoms with van der Waals surface area (Å²) < 4.78 is 26.1. The van der Waals surface area contributed by atoms with Crippen LogP contribution in [0.1, 0.15) is 5.56 Å². The molecule has 1 aliphatic rings. The maximum atomic E-state index is 13.2. The Labute approximate surface area is 150 Å². The molecular formula is C18H18ClF2N3O. The molecule has 1 heterocycles. The van der Waals surface area contributed by atoms with Gasteiger partial charge in [-0.15, -0.1) is 0 Å². The Balaban J connectivity index is 1.52. The first-order chi connectivity index (χ1) is 12.0. The summed E-state index contributed by atoms with van der Waals surface area (Å²) in [5, 5.41) is 3.33. The largest absolute Gasteiger partial charge is 0.322 e. The SMILES string of the molecule is O=C(Nc1ccc(F)c(F)c1)N1CCN(Cc2ccccc2Cl)CC1. The molecule has 1 N–H and O–H groups in total.